The molecule has 27 heavy (non-hydrogen) atoms. The predicted molar refractivity (Wildman–Crippen MR) is 103 cm³/mol. The van der Waals surface area contributed by atoms with E-state index in [4.69, 9.17) is 9.47 Å². The third-order valence-corrected chi connectivity index (χ3v) is 5.62. The second kappa shape index (κ2) is 8.00. The van der Waals surface area contributed by atoms with Crippen LogP contribution in [0.4, 0.5) is 0 Å². The summed E-state index contributed by atoms with van der Waals surface area (Å²) in [6, 6.07) is 7.25. The summed E-state index contributed by atoms with van der Waals surface area (Å²) in [7, 11) is 0. The van der Waals surface area contributed by atoms with Crippen molar-refractivity contribution in [3.63, 3.8) is 0 Å². The number of carbonyl (C=O) groups is 2. The molecule has 2 aliphatic rings. The number of hydrogen-bond donors (Lipinski definition) is 1. The highest BCUT2D eigenvalue weighted by Crippen LogP contribution is 2.34. The number of carbonyl (C=O) groups excluding carboxylic acids is 2. The fraction of sp³-hybridized carbons (Fsp3) is 0.400. The minimum absolute atomic E-state index is 0.0359. The smallest absolute Gasteiger partial charge is 0.257 e. The Balaban J connectivity index is 1.39. The van der Waals surface area contributed by atoms with E-state index in [1.54, 1.807) is 6.07 Å². The van der Waals surface area contributed by atoms with E-state index < -0.39 is 0 Å². The van der Waals surface area contributed by atoms with Gasteiger partial charge in [0.1, 0.15) is 13.2 Å². The van der Waals surface area contributed by atoms with Crippen LogP contribution in [0.5, 0.6) is 11.5 Å². The summed E-state index contributed by atoms with van der Waals surface area (Å²) in [5, 5.41) is 6.72. The SMILES string of the molecule is O=C(NCC1CCCN(C(=O)c2cccc3c2OCCO3)C1)c1ccsc1. The Morgan fingerprint density at radius 3 is 2.96 bits per heavy atom. The van der Waals surface area contributed by atoms with Gasteiger partial charge in [0.05, 0.1) is 5.56 Å². The van der Waals surface area contributed by atoms with Gasteiger partial charge in [-0.05, 0) is 42.3 Å². The van der Waals surface area contributed by atoms with E-state index in [2.05, 4.69) is 5.32 Å². The van der Waals surface area contributed by atoms with E-state index in [9.17, 15) is 9.59 Å². The molecule has 1 atom stereocenters. The van der Waals surface area contributed by atoms with Crippen LogP contribution in [-0.2, 0) is 0 Å². The van der Waals surface area contributed by atoms with E-state index in [1.165, 1.54) is 11.3 Å². The maximum absolute atomic E-state index is 13.0. The highest BCUT2D eigenvalue weighted by atomic mass is 32.1. The molecule has 2 aromatic rings. The number of ether oxygens (including phenoxy) is 2. The molecule has 0 saturated carbocycles. The summed E-state index contributed by atoms with van der Waals surface area (Å²) in [5.74, 6) is 1.33. The molecule has 142 valence electrons. The maximum Gasteiger partial charge on any atom is 0.257 e. The molecule has 1 unspecified atom stereocenters. The molecule has 1 aromatic heterocycles. The zero-order valence-electron chi connectivity index (χ0n) is 15.0. The van der Waals surface area contributed by atoms with Crippen molar-refractivity contribution in [3.05, 3.63) is 46.2 Å². The van der Waals surface area contributed by atoms with E-state index in [0.29, 0.717) is 48.9 Å². The van der Waals surface area contributed by atoms with Crippen molar-refractivity contribution in [2.75, 3.05) is 32.8 Å². The number of nitrogens with one attached hydrogen (secondary N) is 1. The molecule has 0 bridgehead atoms. The molecular formula is C20H22N2O4S. The Labute approximate surface area is 162 Å². The number of hydrogen-bond acceptors (Lipinski definition) is 5. The molecule has 1 N–H and O–H groups in total. The number of para-hydroxylation sites is 1. The molecular weight excluding hydrogens is 364 g/mol. The number of piperidine rings is 1. The van der Waals surface area contributed by atoms with Gasteiger partial charge in [0.2, 0.25) is 0 Å². The van der Waals surface area contributed by atoms with Crippen molar-refractivity contribution in [3.8, 4) is 11.5 Å². The molecule has 2 aliphatic heterocycles. The zero-order chi connectivity index (χ0) is 18.6. The fourth-order valence-corrected chi connectivity index (χ4v) is 4.20. The van der Waals surface area contributed by atoms with Crippen LogP contribution in [0, 0.1) is 5.92 Å². The molecule has 1 saturated heterocycles. The summed E-state index contributed by atoms with van der Waals surface area (Å²) in [6.07, 6.45) is 1.93. The monoisotopic (exact) mass is 386 g/mol. The highest BCUT2D eigenvalue weighted by Gasteiger charge is 2.28. The quantitative estimate of drug-likeness (QED) is 0.877. The number of rotatable bonds is 4. The molecule has 0 spiro atoms. The third kappa shape index (κ3) is 3.93. The minimum atomic E-state index is -0.0534. The lowest BCUT2D eigenvalue weighted by Crippen LogP contribution is -2.43. The third-order valence-electron chi connectivity index (χ3n) is 4.94. The Kier molecular flexibility index (Phi) is 5.29. The van der Waals surface area contributed by atoms with Crippen LogP contribution in [0.3, 0.4) is 0 Å². The standard InChI is InChI=1S/C20H22N2O4S/c23-19(15-6-10-27-13-15)21-11-14-3-2-7-22(12-14)20(24)16-4-1-5-17-18(16)26-9-8-25-17/h1,4-6,10,13-14H,2-3,7-9,11-12H2,(H,21,23). The molecule has 2 amide bonds. The second-order valence-electron chi connectivity index (χ2n) is 6.81. The second-order valence-corrected chi connectivity index (χ2v) is 7.59. The first-order valence-corrected chi connectivity index (χ1v) is 10.1. The first kappa shape index (κ1) is 17.9. The average molecular weight is 386 g/mol. The van der Waals surface area contributed by atoms with Gasteiger partial charge in [-0.2, -0.15) is 11.3 Å². The van der Waals surface area contributed by atoms with Crippen molar-refractivity contribution in [2.24, 2.45) is 5.92 Å². The molecule has 4 rings (SSSR count). The van der Waals surface area contributed by atoms with Gasteiger partial charge in [0.15, 0.2) is 11.5 Å². The highest BCUT2D eigenvalue weighted by molar-refractivity contribution is 7.08. The maximum atomic E-state index is 13.0. The Hall–Kier alpha value is -2.54. The van der Waals surface area contributed by atoms with Gasteiger partial charge in [-0.1, -0.05) is 6.07 Å². The van der Waals surface area contributed by atoms with Gasteiger partial charge in [0.25, 0.3) is 11.8 Å². The van der Waals surface area contributed by atoms with Crippen LogP contribution < -0.4 is 14.8 Å². The first-order valence-electron chi connectivity index (χ1n) is 9.20. The fourth-order valence-electron chi connectivity index (χ4n) is 3.56. The largest absolute Gasteiger partial charge is 0.486 e. The van der Waals surface area contributed by atoms with Gasteiger partial charge in [0, 0.05) is 30.6 Å². The van der Waals surface area contributed by atoms with Crippen LogP contribution in [0.15, 0.2) is 35.0 Å². The first-order chi connectivity index (χ1) is 13.2. The number of likely N-dealkylation sites (tertiary alicyclic amines) is 1. The molecule has 1 aromatic carbocycles. The topological polar surface area (TPSA) is 67.9 Å². The molecule has 1 fully saturated rings. The lowest BCUT2D eigenvalue weighted by atomic mass is 9.97. The van der Waals surface area contributed by atoms with E-state index >= 15 is 0 Å². The van der Waals surface area contributed by atoms with Gasteiger partial charge < -0.3 is 19.7 Å². The van der Waals surface area contributed by atoms with Crippen molar-refractivity contribution in [1.29, 1.82) is 0 Å². The Bertz CT molecular complexity index is 821. The zero-order valence-corrected chi connectivity index (χ0v) is 15.8. The average Bonchev–Trinajstić information content (AvgIpc) is 3.26. The van der Waals surface area contributed by atoms with Crippen molar-refractivity contribution in [2.45, 2.75) is 12.8 Å². The van der Waals surface area contributed by atoms with E-state index in [1.807, 2.05) is 33.9 Å². The predicted octanol–water partition coefficient (Wildman–Crippen LogP) is 2.80. The van der Waals surface area contributed by atoms with Crippen LogP contribution in [0.25, 0.3) is 0 Å². The molecule has 0 radical (unpaired) electrons. The van der Waals surface area contributed by atoms with Crippen molar-refractivity contribution in [1.82, 2.24) is 10.2 Å². The summed E-state index contributed by atoms with van der Waals surface area (Å²) in [5.41, 5.74) is 1.24. The number of amides is 2. The summed E-state index contributed by atoms with van der Waals surface area (Å²) >= 11 is 1.51. The van der Waals surface area contributed by atoms with Crippen molar-refractivity contribution < 1.29 is 19.1 Å². The Morgan fingerprint density at radius 2 is 2.11 bits per heavy atom. The summed E-state index contributed by atoms with van der Waals surface area (Å²) in [4.78, 5) is 27.0. The van der Waals surface area contributed by atoms with Crippen molar-refractivity contribution >= 4 is 23.2 Å². The Morgan fingerprint density at radius 1 is 1.22 bits per heavy atom. The lowest BCUT2D eigenvalue weighted by molar-refractivity contribution is 0.0661. The van der Waals surface area contributed by atoms with Gasteiger partial charge in [-0.15, -0.1) is 0 Å². The number of fused-ring (bicyclic) bond motifs is 1. The van der Waals surface area contributed by atoms with Crippen LogP contribution >= 0.6 is 11.3 Å². The lowest BCUT2D eigenvalue weighted by Gasteiger charge is -2.33. The molecule has 7 heteroatoms. The molecule has 0 aliphatic carbocycles. The van der Waals surface area contributed by atoms with Gasteiger partial charge >= 0.3 is 0 Å². The summed E-state index contributed by atoms with van der Waals surface area (Å²) in [6.45, 7) is 2.88. The minimum Gasteiger partial charge on any atom is -0.486 e. The van der Waals surface area contributed by atoms with Gasteiger partial charge in [-0.3, -0.25) is 9.59 Å². The number of nitrogens with zero attached hydrogens (tertiary/aromatic N) is 1. The number of thiophene rings is 1. The normalized spacial score (nSPS) is 18.8. The van der Waals surface area contributed by atoms with Crippen LogP contribution in [0.2, 0.25) is 0 Å². The molecule has 6 nitrogen and oxygen atoms in total. The summed E-state index contributed by atoms with van der Waals surface area (Å²) < 4.78 is 11.3. The van der Waals surface area contributed by atoms with Gasteiger partial charge in [-0.25, -0.2) is 0 Å². The van der Waals surface area contributed by atoms with E-state index in [0.717, 1.165) is 19.4 Å². The van der Waals surface area contributed by atoms with E-state index in [-0.39, 0.29) is 17.7 Å². The van der Waals surface area contributed by atoms with Crippen LogP contribution in [0.1, 0.15) is 33.6 Å². The molecule has 3 heterocycles. The number of benzene rings is 1. The van der Waals surface area contributed by atoms with Crippen LogP contribution in [-0.4, -0.2) is 49.6 Å².